The van der Waals surface area contributed by atoms with Crippen molar-refractivity contribution in [2.24, 2.45) is 0 Å². The Labute approximate surface area is 119 Å². The van der Waals surface area contributed by atoms with Gasteiger partial charge in [-0.05, 0) is 31.5 Å². The van der Waals surface area contributed by atoms with Gasteiger partial charge in [-0.1, -0.05) is 22.9 Å². The van der Waals surface area contributed by atoms with Crippen LogP contribution < -0.4 is 10.5 Å². The second-order valence-corrected chi connectivity index (χ2v) is 7.12. The Kier molecular flexibility index (Phi) is 3.66. The Hall–Kier alpha value is -1.38. The minimum Gasteiger partial charge on any atom is -0.398 e. The standard InChI is InChI=1S/C10H11ClN4O2S2/c1-5-8(12)3-7(11)4-9(5)19(16,17)15-10-14-13-6(2)18-10/h3-4H,12H2,1-2H3,(H,14,15). The summed E-state index contributed by atoms with van der Waals surface area (Å²) in [7, 11) is -3.78. The molecule has 0 amide bonds. The molecule has 0 aliphatic carbocycles. The highest BCUT2D eigenvalue weighted by Crippen LogP contribution is 2.28. The van der Waals surface area contributed by atoms with Crippen LogP contribution in [0.25, 0.3) is 0 Å². The van der Waals surface area contributed by atoms with Gasteiger partial charge >= 0.3 is 0 Å². The third-order valence-electron chi connectivity index (χ3n) is 2.40. The lowest BCUT2D eigenvalue weighted by atomic mass is 10.2. The molecule has 2 aromatic rings. The molecule has 0 atom stereocenters. The van der Waals surface area contributed by atoms with E-state index in [1.807, 2.05) is 0 Å². The predicted octanol–water partition coefficient (Wildman–Crippen LogP) is 2.19. The lowest BCUT2D eigenvalue weighted by Gasteiger charge is -2.10. The van der Waals surface area contributed by atoms with E-state index in [1.165, 1.54) is 12.1 Å². The zero-order chi connectivity index (χ0) is 14.2. The van der Waals surface area contributed by atoms with E-state index in [9.17, 15) is 8.42 Å². The molecule has 9 heteroatoms. The first kappa shape index (κ1) is 14.0. The second kappa shape index (κ2) is 4.95. The minimum absolute atomic E-state index is 0.0327. The molecule has 1 heterocycles. The number of benzene rings is 1. The minimum atomic E-state index is -3.78. The van der Waals surface area contributed by atoms with E-state index in [-0.39, 0.29) is 15.0 Å². The molecule has 1 aromatic carbocycles. The third kappa shape index (κ3) is 2.96. The molecule has 0 aliphatic rings. The van der Waals surface area contributed by atoms with Gasteiger partial charge in [0, 0.05) is 10.7 Å². The van der Waals surface area contributed by atoms with Crippen molar-refractivity contribution < 1.29 is 8.42 Å². The van der Waals surface area contributed by atoms with E-state index in [0.717, 1.165) is 11.3 Å². The molecule has 0 saturated carbocycles. The molecule has 3 N–H and O–H groups in total. The first-order valence-corrected chi connectivity index (χ1v) is 7.86. The third-order valence-corrected chi connectivity index (χ3v) is 4.97. The SMILES string of the molecule is Cc1nnc(NS(=O)(=O)c2cc(Cl)cc(N)c2C)s1. The number of nitrogens with zero attached hydrogens (tertiary/aromatic N) is 2. The number of nitrogen functional groups attached to an aromatic ring is 1. The molecule has 19 heavy (non-hydrogen) atoms. The number of sulfonamides is 1. The smallest absolute Gasteiger partial charge is 0.264 e. The van der Waals surface area contributed by atoms with Crippen LogP contribution in [0.15, 0.2) is 17.0 Å². The van der Waals surface area contributed by atoms with Crippen LogP contribution >= 0.6 is 22.9 Å². The molecule has 2 rings (SSSR count). The normalized spacial score (nSPS) is 11.5. The van der Waals surface area contributed by atoms with Crippen LogP contribution in [0.3, 0.4) is 0 Å². The maximum absolute atomic E-state index is 12.2. The zero-order valence-electron chi connectivity index (χ0n) is 10.1. The largest absolute Gasteiger partial charge is 0.398 e. The van der Waals surface area contributed by atoms with Gasteiger partial charge < -0.3 is 5.73 Å². The summed E-state index contributed by atoms with van der Waals surface area (Å²) in [6.45, 7) is 3.35. The lowest BCUT2D eigenvalue weighted by Crippen LogP contribution is -2.15. The Balaban J connectivity index is 2.45. The number of hydrogen-bond donors (Lipinski definition) is 2. The molecule has 0 radical (unpaired) electrons. The van der Waals surface area contributed by atoms with Crippen molar-refractivity contribution in [3.05, 3.63) is 27.7 Å². The van der Waals surface area contributed by atoms with Gasteiger partial charge in [0.2, 0.25) is 5.13 Å². The number of hydrogen-bond acceptors (Lipinski definition) is 6. The van der Waals surface area contributed by atoms with Crippen LogP contribution in [-0.4, -0.2) is 18.6 Å². The summed E-state index contributed by atoms with van der Waals surface area (Å²) in [6.07, 6.45) is 0. The number of anilines is 2. The number of aryl methyl sites for hydroxylation is 1. The van der Waals surface area contributed by atoms with Gasteiger partial charge in [-0.2, -0.15) is 0 Å². The molecule has 0 aliphatic heterocycles. The molecular weight excluding hydrogens is 308 g/mol. The van der Waals surface area contributed by atoms with Gasteiger partial charge in [0.05, 0.1) is 4.90 Å². The maximum Gasteiger partial charge on any atom is 0.264 e. The van der Waals surface area contributed by atoms with Crippen molar-refractivity contribution in [3.63, 3.8) is 0 Å². The molecule has 0 unspecified atom stereocenters. The van der Waals surface area contributed by atoms with Crippen molar-refractivity contribution in [1.82, 2.24) is 10.2 Å². The van der Waals surface area contributed by atoms with Gasteiger partial charge in [0.1, 0.15) is 5.01 Å². The average molecular weight is 319 g/mol. The fraction of sp³-hybridized carbons (Fsp3) is 0.200. The highest BCUT2D eigenvalue weighted by Gasteiger charge is 2.20. The first-order chi connectivity index (χ1) is 8.79. The Morgan fingerprint density at radius 1 is 1.32 bits per heavy atom. The number of nitrogens with two attached hydrogens (primary N) is 1. The maximum atomic E-state index is 12.2. The van der Waals surface area contributed by atoms with Crippen molar-refractivity contribution in [2.45, 2.75) is 18.7 Å². The van der Waals surface area contributed by atoms with Gasteiger partial charge in [-0.15, -0.1) is 10.2 Å². The number of halogens is 1. The van der Waals surface area contributed by atoms with Crippen molar-refractivity contribution in [1.29, 1.82) is 0 Å². The average Bonchev–Trinajstić information content (AvgIpc) is 2.68. The van der Waals surface area contributed by atoms with Crippen LogP contribution in [-0.2, 0) is 10.0 Å². The Morgan fingerprint density at radius 2 is 2.00 bits per heavy atom. The summed E-state index contributed by atoms with van der Waals surface area (Å²) in [4.78, 5) is 0.0327. The van der Waals surface area contributed by atoms with E-state index in [1.54, 1.807) is 13.8 Å². The summed E-state index contributed by atoms with van der Waals surface area (Å²) in [5, 5.41) is 8.59. The molecule has 0 spiro atoms. The molecule has 102 valence electrons. The van der Waals surface area contributed by atoms with Crippen LogP contribution in [0.2, 0.25) is 5.02 Å². The predicted molar refractivity (Wildman–Crippen MR) is 76.1 cm³/mol. The van der Waals surface area contributed by atoms with Gasteiger partial charge in [0.15, 0.2) is 0 Å². The first-order valence-electron chi connectivity index (χ1n) is 5.18. The van der Waals surface area contributed by atoms with E-state index in [2.05, 4.69) is 14.9 Å². The molecule has 1 aromatic heterocycles. The van der Waals surface area contributed by atoms with Crippen LogP contribution in [0.5, 0.6) is 0 Å². The highest BCUT2D eigenvalue weighted by molar-refractivity contribution is 7.93. The summed E-state index contributed by atoms with van der Waals surface area (Å²) in [5.74, 6) is 0. The molecule has 6 nitrogen and oxygen atoms in total. The van der Waals surface area contributed by atoms with Crippen LogP contribution in [0, 0.1) is 13.8 Å². The van der Waals surface area contributed by atoms with Crippen molar-refractivity contribution >= 4 is 43.8 Å². The second-order valence-electron chi connectivity index (χ2n) is 3.85. The van der Waals surface area contributed by atoms with Crippen LogP contribution in [0.4, 0.5) is 10.8 Å². The van der Waals surface area contributed by atoms with Gasteiger partial charge in [-0.3, -0.25) is 4.72 Å². The molecular formula is C10H11ClN4O2S2. The monoisotopic (exact) mass is 318 g/mol. The van der Waals surface area contributed by atoms with E-state index in [0.29, 0.717) is 16.3 Å². The Bertz CT molecular complexity index is 727. The summed E-state index contributed by atoms with van der Waals surface area (Å²) >= 11 is 6.98. The Morgan fingerprint density at radius 3 is 2.58 bits per heavy atom. The van der Waals surface area contributed by atoms with E-state index < -0.39 is 10.0 Å². The van der Waals surface area contributed by atoms with E-state index >= 15 is 0 Å². The number of aromatic nitrogens is 2. The molecule has 0 fully saturated rings. The summed E-state index contributed by atoms with van der Waals surface area (Å²) in [5.41, 5.74) is 6.48. The molecule has 0 saturated heterocycles. The highest BCUT2D eigenvalue weighted by atomic mass is 35.5. The number of nitrogens with one attached hydrogen (secondary N) is 1. The van der Waals surface area contributed by atoms with E-state index in [4.69, 9.17) is 17.3 Å². The van der Waals surface area contributed by atoms with Gasteiger partial charge in [-0.25, -0.2) is 8.42 Å². The topological polar surface area (TPSA) is 98.0 Å². The molecule has 0 bridgehead atoms. The quantitative estimate of drug-likeness (QED) is 0.845. The lowest BCUT2D eigenvalue weighted by molar-refractivity contribution is 0.600. The fourth-order valence-electron chi connectivity index (χ4n) is 1.46. The van der Waals surface area contributed by atoms with Gasteiger partial charge in [0.25, 0.3) is 10.0 Å². The zero-order valence-corrected chi connectivity index (χ0v) is 12.5. The van der Waals surface area contributed by atoms with Crippen LogP contribution in [0.1, 0.15) is 10.6 Å². The number of rotatable bonds is 3. The summed E-state index contributed by atoms with van der Waals surface area (Å²) in [6, 6.07) is 2.86. The van der Waals surface area contributed by atoms with Crippen molar-refractivity contribution in [2.75, 3.05) is 10.5 Å². The van der Waals surface area contributed by atoms with Crippen molar-refractivity contribution in [3.8, 4) is 0 Å². The summed E-state index contributed by atoms with van der Waals surface area (Å²) < 4.78 is 26.9. The fourth-order valence-corrected chi connectivity index (χ4v) is 3.88.